The molecule has 1 unspecified atom stereocenters. The van der Waals surface area contributed by atoms with Gasteiger partial charge in [0.15, 0.2) is 5.43 Å². The number of hydrogen-bond acceptors (Lipinski definition) is 4. The first-order valence-electron chi connectivity index (χ1n) is 8.88. The van der Waals surface area contributed by atoms with Gasteiger partial charge in [0.2, 0.25) is 5.76 Å². The van der Waals surface area contributed by atoms with Crippen molar-refractivity contribution in [2.45, 2.75) is 12.6 Å². The molecule has 144 valence electrons. The summed E-state index contributed by atoms with van der Waals surface area (Å²) in [7, 11) is 0. The molecule has 7 heteroatoms. The second kappa shape index (κ2) is 6.41. The van der Waals surface area contributed by atoms with Gasteiger partial charge in [0, 0.05) is 0 Å². The molecule has 2 aromatic carbocycles. The third-order valence-corrected chi connectivity index (χ3v) is 5.02. The Hall–Kier alpha value is -3.74. The van der Waals surface area contributed by atoms with E-state index in [1.54, 1.807) is 12.1 Å². The Bertz CT molecular complexity index is 1290. The number of carbonyl (C=O) groups excluding carboxylic acids is 1. The molecule has 2 aromatic heterocycles. The van der Waals surface area contributed by atoms with Crippen molar-refractivity contribution in [2.24, 2.45) is 0 Å². The lowest BCUT2D eigenvalue weighted by Gasteiger charge is -2.24. The highest BCUT2D eigenvalue weighted by molar-refractivity contribution is 5.99. The van der Waals surface area contributed by atoms with Crippen LogP contribution < -0.4 is 5.43 Å². The number of hydrogen-bond donors (Lipinski definition) is 0. The van der Waals surface area contributed by atoms with Crippen molar-refractivity contribution in [1.82, 2.24) is 4.90 Å². The number of fused-ring (bicyclic) bond motifs is 2. The minimum absolute atomic E-state index is 0.0449. The zero-order valence-corrected chi connectivity index (χ0v) is 14.9. The molecule has 0 aliphatic carbocycles. The first-order valence-corrected chi connectivity index (χ1v) is 8.88. The summed E-state index contributed by atoms with van der Waals surface area (Å²) >= 11 is 0. The van der Waals surface area contributed by atoms with Crippen molar-refractivity contribution in [3.8, 4) is 0 Å². The van der Waals surface area contributed by atoms with Gasteiger partial charge >= 0.3 is 0 Å². The van der Waals surface area contributed by atoms with E-state index in [0.717, 1.165) is 12.1 Å². The lowest BCUT2D eigenvalue weighted by atomic mass is 9.98. The molecule has 0 saturated carbocycles. The molecular weight excluding hydrogens is 380 g/mol. The third-order valence-electron chi connectivity index (χ3n) is 5.02. The normalized spacial score (nSPS) is 15.9. The smallest absolute Gasteiger partial charge is 0.291 e. The van der Waals surface area contributed by atoms with Gasteiger partial charge < -0.3 is 13.7 Å². The van der Waals surface area contributed by atoms with Crippen molar-refractivity contribution in [3.05, 3.63) is 105 Å². The van der Waals surface area contributed by atoms with Crippen LogP contribution >= 0.6 is 0 Å². The highest BCUT2D eigenvalue weighted by Gasteiger charge is 2.43. The summed E-state index contributed by atoms with van der Waals surface area (Å²) in [6.45, 7) is 0.0855. The molecule has 0 N–H and O–H groups in total. The van der Waals surface area contributed by atoms with Gasteiger partial charge in [-0.25, -0.2) is 8.78 Å². The Morgan fingerprint density at radius 3 is 2.45 bits per heavy atom. The monoisotopic (exact) mass is 393 g/mol. The Balaban J connectivity index is 1.75. The number of rotatable bonds is 3. The molecule has 0 spiro atoms. The standard InChI is InChI=1S/C22H13F2NO4/c23-13-5-3-12(4-6-13)19-18-20(26)16-10-14(24)7-8-17(16)29-21(18)22(27)25(19)11-15-2-1-9-28-15/h1-10,19H,11H2. The molecule has 1 aliphatic heterocycles. The van der Waals surface area contributed by atoms with Gasteiger partial charge in [0.05, 0.1) is 29.8 Å². The molecule has 5 rings (SSSR count). The fraction of sp³-hybridized carbons (Fsp3) is 0.0909. The van der Waals surface area contributed by atoms with E-state index < -0.39 is 29.0 Å². The van der Waals surface area contributed by atoms with Crippen LogP contribution in [-0.4, -0.2) is 10.8 Å². The molecule has 1 atom stereocenters. The maximum atomic E-state index is 13.7. The van der Waals surface area contributed by atoms with Gasteiger partial charge in [-0.05, 0) is 48.0 Å². The van der Waals surface area contributed by atoms with Crippen LogP contribution in [0.1, 0.15) is 33.5 Å². The molecule has 1 amide bonds. The Kier molecular flexibility index (Phi) is 3.84. The summed E-state index contributed by atoms with van der Waals surface area (Å²) in [4.78, 5) is 27.8. The zero-order chi connectivity index (χ0) is 20.1. The summed E-state index contributed by atoms with van der Waals surface area (Å²) in [5, 5.41) is 0.0449. The minimum atomic E-state index is -0.813. The molecule has 0 radical (unpaired) electrons. The fourth-order valence-electron chi connectivity index (χ4n) is 3.72. The van der Waals surface area contributed by atoms with Crippen LogP contribution in [0.15, 0.2) is 74.5 Å². The number of halogens is 2. The van der Waals surface area contributed by atoms with Crippen LogP contribution in [0.2, 0.25) is 0 Å². The first-order chi connectivity index (χ1) is 14.0. The van der Waals surface area contributed by atoms with Crippen LogP contribution in [0.4, 0.5) is 8.78 Å². The van der Waals surface area contributed by atoms with Crippen molar-refractivity contribution < 1.29 is 22.4 Å². The highest BCUT2D eigenvalue weighted by Crippen LogP contribution is 2.39. The van der Waals surface area contributed by atoms with E-state index in [4.69, 9.17) is 8.83 Å². The average Bonchev–Trinajstić information content (AvgIpc) is 3.32. The van der Waals surface area contributed by atoms with E-state index in [9.17, 15) is 18.4 Å². The van der Waals surface area contributed by atoms with E-state index in [0.29, 0.717) is 11.3 Å². The SMILES string of the molecule is O=C1c2oc3ccc(F)cc3c(=O)c2C(c2ccc(F)cc2)N1Cc1ccco1. The summed E-state index contributed by atoms with van der Waals surface area (Å²) in [5.41, 5.74) is 0.269. The Morgan fingerprint density at radius 1 is 0.966 bits per heavy atom. The van der Waals surface area contributed by atoms with Crippen LogP contribution in [0.25, 0.3) is 11.0 Å². The fourth-order valence-corrected chi connectivity index (χ4v) is 3.72. The molecule has 0 saturated heterocycles. The van der Waals surface area contributed by atoms with Crippen LogP contribution in [0, 0.1) is 11.6 Å². The van der Waals surface area contributed by atoms with E-state index in [-0.39, 0.29) is 28.8 Å². The van der Waals surface area contributed by atoms with Crippen LogP contribution in [-0.2, 0) is 6.54 Å². The molecule has 1 aliphatic rings. The van der Waals surface area contributed by atoms with Crippen LogP contribution in [0.5, 0.6) is 0 Å². The third kappa shape index (κ3) is 2.74. The van der Waals surface area contributed by atoms with Gasteiger partial charge in [0.25, 0.3) is 5.91 Å². The number of amides is 1. The summed E-state index contributed by atoms with van der Waals surface area (Å²) in [6.07, 6.45) is 1.48. The predicted octanol–water partition coefficient (Wildman–Crippen LogP) is 4.41. The molecular formula is C22H13F2NO4. The number of nitrogens with zero attached hydrogens (tertiary/aromatic N) is 1. The van der Waals surface area contributed by atoms with Gasteiger partial charge in [-0.2, -0.15) is 0 Å². The van der Waals surface area contributed by atoms with Gasteiger partial charge in [-0.3, -0.25) is 9.59 Å². The van der Waals surface area contributed by atoms with Gasteiger partial charge in [0.1, 0.15) is 23.0 Å². The predicted molar refractivity (Wildman–Crippen MR) is 99.3 cm³/mol. The second-order valence-corrected chi connectivity index (χ2v) is 6.78. The maximum Gasteiger partial charge on any atom is 0.291 e. The molecule has 0 fully saturated rings. The zero-order valence-electron chi connectivity index (χ0n) is 14.9. The van der Waals surface area contributed by atoms with Gasteiger partial charge in [-0.15, -0.1) is 0 Å². The number of furan rings is 1. The Morgan fingerprint density at radius 2 is 1.72 bits per heavy atom. The quantitative estimate of drug-likeness (QED) is 0.517. The van der Waals surface area contributed by atoms with E-state index >= 15 is 0 Å². The average molecular weight is 393 g/mol. The van der Waals surface area contributed by atoms with Crippen molar-refractivity contribution >= 4 is 16.9 Å². The molecule has 0 bridgehead atoms. The maximum absolute atomic E-state index is 13.7. The minimum Gasteiger partial charge on any atom is -0.467 e. The lowest BCUT2D eigenvalue weighted by molar-refractivity contribution is 0.0701. The van der Waals surface area contributed by atoms with E-state index in [1.165, 1.54) is 41.5 Å². The second-order valence-electron chi connectivity index (χ2n) is 6.78. The summed E-state index contributed by atoms with van der Waals surface area (Å²) < 4.78 is 38.3. The Labute approximate surface area is 162 Å². The van der Waals surface area contributed by atoms with Crippen LogP contribution in [0.3, 0.4) is 0 Å². The molecule has 5 nitrogen and oxygen atoms in total. The van der Waals surface area contributed by atoms with Crippen molar-refractivity contribution in [2.75, 3.05) is 0 Å². The topological polar surface area (TPSA) is 63.7 Å². The van der Waals surface area contributed by atoms with Crippen molar-refractivity contribution in [1.29, 1.82) is 0 Å². The van der Waals surface area contributed by atoms with Crippen molar-refractivity contribution in [3.63, 3.8) is 0 Å². The largest absolute Gasteiger partial charge is 0.467 e. The first kappa shape index (κ1) is 17.4. The molecule has 4 aromatic rings. The van der Waals surface area contributed by atoms with E-state index in [2.05, 4.69) is 0 Å². The molecule has 29 heavy (non-hydrogen) atoms. The summed E-state index contributed by atoms with van der Waals surface area (Å²) in [6, 6.07) is 11.7. The summed E-state index contributed by atoms with van der Waals surface area (Å²) in [5.74, 6) is -1.10. The lowest BCUT2D eigenvalue weighted by Crippen LogP contribution is -2.29. The highest BCUT2D eigenvalue weighted by atomic mass is 19.1. The van der Waals surface area contributed by atoms with Gasteiger partial charge in [-0.1, -0.05) is 12.1 Å². The number of carbonyl (C=O) groups is 1. The molecule has 3 heterocycles. The van der Waals surface area contributed by atoms with E-state index in [1.807, 2.05) is 0 Å². The number of benzene rings is 2.